The molecule has 84 valence electrons. The van der Waals surface area contributed by atoms with Crippen molar-refractivity contribution in [1.82, 2.24) is 0 Å². The molecule has 0 aliphatic rings. The molecule has 3 nitrogen and oxygen atoms in total. The quantitative estimate of drug-likeness (QED) is 0.603. The molecule has 0 aliphatic heterocycles. The van der Waals surface area contributed by atoms with Crippen molar-refractivity contribution < 1.29 is 14.4 Å². The Hall–Kier alpha value is -1.45. The molecule has 2 aromatic rings. The first-order valence-electron chi connectivity index (χ1n) is 5.46. The second-order valence-electron chi connectivity index (χ2n) is 3.65. The molecule has 0 saturated carbocycles. The van der Waals surface area contributed by atoms with Crippen molar-refractivity contribution in [2.45, 2.75) is 6.54 Å². The van der Waals surface area contributed by atoms with E-state index in [1.54, 1.807) is 0 Å². The number of fused-ring (bicyclic) bond motifs is 1. The standard InChI is InChI=1S/C13H16NO2/c15-8-10-16-9-7-14-6-5-12-3-1-2-4-13(12)11-14/h1-6,11,15H,7-10H2/q+1. The Morgan fingerprint density at radius 1 is 1.06 bits per heavy atom. The van der Waals surface area contributed by atoms with Gasteiger partial charge in [0.2, 0.25) is 0 Å². The Morgan fingerprint density at radius 2 is 1.88 bits per heavy atom. The fourth-order valence-corrected chi connectivity index (χ4v) is 1.65. The third-order valence-corrected chi connectivity index (χ3v) is 2.48. The van der Waals surface area contributed by atoms with Gasteiger partial charge in [0.1, 0.15) is 6.61 Å². The van der Waals surface area contributed by atoms with Crippen molar-refractivity contribution in [3.8, 4) is 0 Å². The minimum atomic E-state index is 0.0857. The van der Waals surface area contributed by atoms with Crippen LogP contribution in [0.2, 0.25) is 0 Å². The van der Waals surface area contributed by atoms with Crippen LogP contribution in [0.1, 0.15) is 0 Å². The van der Waals surface area contributed by atoms with E-state index in [1.807, 2.05) is 18.3 Å². The van der Waals surface area contributed by atoms with E-state index >= 15 is 0 Å². The normalized spacial score (nSPS) is 10.8. The largest absolute Gasteiger partial charge is 0.394 e. The van der Waals surface area contributed by atoms with Gasteiger partial charge in [-0.25, -0.2) is 4.57 Å². The van der Waals surface area contributed by atoms with Gasteiger partial charge in [-0.15, -0.1) is 0 Å². The molecule has 0 saturated heterocycles. The van der Waals surface area contributed by atoms with Gasteiger partial charge in [0.15, 0.2) is 18.9 Å². The molecule has 0 amide bonds. The Balaban J connectivity index is 2.02. The first-order chi connectivity index (χ1) is 7.90. The average molecular weight is 218 g/mol. The second-order valence-corrected chi connectivity index (χ2v) is 3.65. The summed E-state index contributed by atoms with van der Waals surface area (Å²) in [4.78, 5) is 0. The van der Waals surface area contributed by atoms with Crippen molar-refractivity contribution in [2.75, 3.05) is 19.8 Å². The summed E-state index contributed by atoms with van der Waals surface area (Å²) in [5.74, 6) is 0. The van der Waals surface area contributed by atoms with Gasteiger partial charge in [-0.2, -0.15) is 0 Å². The molecule has 0 radical (unpaired) electrons. The fourth-order valence-electron chi connectivity index (χ4n) is 1.65. The van der Waals surface area contributed by atoms with E-state index in [9.17, 15) is 0 Å². The fraction of sp³-hybridized carbons (Fsp3) is 0.308. The number of aliphatic hydroxyl groups excluding tert-OH is 1. The van der Waals surface area contributed by atoms with Crippen molar-refractivity contribution in [2.24, 2.45) is 0 Å². The predicted octanol–water partition coefficient (Wildman–Crippen LogP) is 1.14. The van der Waals surface area contributed by atoms with E-state index in [0.717, 1.165) is 6.54 Å². The summed E-state index contributed by atoms with van der Waals surface area (Å²) in [5.41, 5.74) is 0. The van der Waals surface area contributed by atoms with Crippen LogP contribution < -0.4 is 4.57 Å². The lowest BCUT2D eigenvalue weighted by atomic mass is 10.2. The van der Waals surface area contributed by atoms with Gasteiger partial charge < -0.3 is 9.84 Å². The molecule has 16 heavy (non-hydrogen) atoms. The van der Waals surface area contributed by atoms with E-state index < -0.39 is 0 Å². The van der Waals surface area contributed by atoms with Crippen LogP contribution in [0.3, 0.4) is 0 Å². The average Bonchev–Trinajstić information content (AvgIpc) is 2.34. The minimum absolute atomic E-state index is 0.0857. The smallest absolute Gasteiger partial charge is 0.176 e. The maximum absolute atomic E-state index is 8.57. The highest BCUT2D eigenvalue weighted by Gasteiger charge is 2.01. The molecule has 1 heterocycles. The number of aliphatic hydroxyl groups is 1. The summed E-state index contributed by atoms with van der Waals surface area (Å²) in [6, 6.07) is 10.4. The maximum atomic E-state index is 8.57. The predicted molar refractivity (Wildman–Crippen MR) is 62.0 cm³/mol. The molecule has 0 bridgehead atoms. The number of pyridine rings is 1. The summed E-state index contributed by atoms with van der Waals surface area (Å²) < 4.78 is 7.32. The lowest BCUT2D eigenvalue weighted by molar-refractivity contribution is -0.697. The highest BCUT2D eigenvalue weighted by Crippen LogP contribution is 2.09. The van der Waals surface area contributed by atoms with Gasteiger partial charge in [0, 0.05) is 11.5 Å². The molecule has 1 aromatic carbocycles. The van der Waals surface area contributed by atoms with Gasteiger partial charge in [0.25, 0.3) is 0 Å². The van der Waals surface area contributed by atoms with Crippen molar-refractivity contribution in [3.05, 3.63) is 42.7 Å². The summed E-state index contributed by atoms with van der Waals surface area (Å²) >= 11 is 0. The van der Waals surface area contributed by atoms with Crippen LogP contribution in [0.5, 0.6) is 0 Å². The van der Waals surface area contributed by atoms with Crippen LogP contribution in [0.15, 0.2) is 42.7 Å². The molecule has 0 spiro atoms. The highest BCUT2D eigenvalue weighted by atomic mass is 16.5. The number of hydrogen-bond donors (Lipinski definition) is 1. The molecule has 1 N–H and O–H groups in total. The highest BCUT2D eigenvalue weighted by molar-refractivity contribution is 5.80. The number of hydrogen-bond acceptors (Lipinski definition) is 2. The second kappa shape index (κ2) is 5.58. The molecular formula is C13H16NO2+. The molecule has 0 aliphatic carbocycles. The van der Waals surface area contributed by atoms with Gasteiger partial charge in [-0.05, 0) is 11.5 Å². The first kappa shape index (κ1) is 11.0. The Morgan fingerprint density at radius 3 is 2.69 bits per heavy atom. The van der Waals surface area contributed by atoms with Crippen LogP contribution in [0.4, 0.5) is 0 Å². The van der Waals surface area contributed by atoms with Crippen LogP contribution in [0, 0.1) is 0 Å². The zero-order valence-corrected chi connectivity index (χ0v) is 9.17. The monoisotopic (exact) mass is 218 g/mol. The maximum Gasteiger partial charge on any atom is 0.176 e. The van der Waals surface area contributed by atoms with Gasteiger partial charge in [0.05, 0.1) is 13.2 Å². The van der Waals surface area contributed by atoms with E-state index in [2.05, 4.69) is 29.0 Å². The van der Waals surface area contributed by atoms with Gasteiger partial charge in [-0.3, -0.25) is 0 Å². The summed E-state index contributed by atoms with van der Waals surface area (Å²) in [6.07, 6.45) is 4.16. The van der Waals surface area contributed by atoms with Crippen LogP contribution >= 0.6 is 0 Å². The van der Waals surface area contributed by atoms with Crippen LogP contribution in [-0.4, -0.2) is 24.9 Å². The van der Waals surface area contributed by atoms with Crippen molar-refractivity contribution >= 4 is 10.8 Å². The lowest BCUT2D eigenvalue weighted by Crippen LogP contribution is -2.35. The molecular weight excluding hydrogens is 202 g/mol. The number of aromatic nitrogens is 1. The van der Waals surface area contributed by atoms with Crippen LogP contribution in [-0.2, 0) is 11.3 Å². The first-order valence-corrected chi connectivity index (χ1v) is 5.46. The SMILES string of the molecule is OCCOCC[n+]1ccc2ccccc2c1. The number of benzene rings is 1. The Kier molecular flexibility index (Phi) is 3.86. The summed E-state index contributed by atoms with van der Waals surface area (Å²) in [5, 5.41) is 11.0. The van der Waals surface area contributed by atoms with E-state index in [-0.39, 0.29) is 6.61 Å². The van der Waals surface area contributed by atoms with Crippen molar-refractivity contribution in [3.63, 3.8) is 0 Å². The molecule has 0 unspecified atom stereocenters. The van der Waals surface area contributed by atoms with Crippen molar-refractivity contribution in [1.29, 1.82) is 0 Å². The summed E-state index contributed by atoms with van der Waals surface area (Å²) in [7, 11) is 0. The van der Waals surface area contributed by atoms with Crippen LogP contribution in [0.25, 0.3) is 10.8 Å². The van der Waals surface area contributed by atoms with E-state index in [4.69, 9.17) is 9.84 Å². The minimum Gasteiger partial charge on any atom is -0.394 e. The molecule has 2 rings (SSSR count). The summed E-state index contributed by atoms with van der Waals surface area (Å²) in [6.45, 7) is 1.94. The topological polar surface area (TPSA) is 33.3 Å². The van der Waals surface area contributed by atoms with E-state index in [1.165, 1.54) is 10.8 Å². The zero-order chi connectivity index (χ0) is 11.2. The lowest BCUT2D eigenvalue weighted by Gasteiger charge is -2.00. The molecule has 0 fully saturated rings. The number of nitrogens with zero attached hydrogens (tertiary/aromatic N) is 1. The Bertz CT molecular complexity index is 456. The third-order valence-electron chi connectivity index (χ3n) is 2.48. The molecule has 3 heteroatoms. The Labute approximate surface area is 94.9 Å². The van der Waals surface area contributed by atoms with E-state index in [0.29, 0.717) is 13.2 Å². The number of ether oxygens (including phenoxy) is 1. The third kappa shape index (κ3) is 2.78. The molecule has 0 atom stereocenters. The van der Waals surface area contributed by atoms with Gasteiger partial charge >= 0.3 is 0 Å². The number of rotatable bonds is 5. The van der Waals surface area contributed by atoms with Gasteiger partial charge in [-0.1, -0.05) is 18.2 Å². The zero-order valence-electron chi connectivity index (χ0n) is 9.17. The molecule has 1 aromatic heterocycles.